The molecule has 3 aromatic rings. The van der Waals surface area contributed by atoms with Gasteiger partial charge in [-0.05, 0) is 18.6 Å². The summed E-state index contributed by atoms with van der Waals surface area (Å²) < 4.78 is 21.0. The van der Waals surface area contributed by atoms with E-state index < -0.39 is 11.9 Å². The molecule has 0 saturated carbocycles. The molecule has 0 spiro atoms. The van der Waals surface area contributed by atoms with E-state index in [4.69, 9.17) is 4.74 Å². The maximum atomic E-state index is 13.6. The van der Waals surface area contributed by atoms with Crippen molar-refractivity contribution in [2.75, 3.05) is 0 Å². The van der Waals surface area contributed by atoms with Gasteiger partial charge in [-0.1, -0.05) is 19.1 Å². The smallest absolute Gasteiger partial charge is 0.261 e. The van der Waals surface area contributed by atoms with Gasteiger partial charge in [-0.25, -0.2) is 9.37 Å². The summed E-state index contributed by atoms with van der Waals surface area (Å²) >= 11 is 1.53. The van der Waals surface area contributed by atoms with Crippen molar-refractivity contribution in [3.05, 3.63) is 53.6 Å². The summed E-state index contributed by atoms with van der Waals surface area (Å²) in [4.78, 5) is 17.5. The van der Waals surface area contributed by atoms with Gasteiger partial charge in [0.2, 0.25) is 0 Å². The molecule has 2 aromatic heterocycles. The molecule has 0 fully saturated rings. The Morgan fingerprint density at radius 2 is 2.30 bits per heavy atom. The second-order valence-corrected chi connectivity index (χ2v) is 5.86. The van der Waals surface area contributed by atoms with E-state index in [1.54, 1.807) is 12.1 Å². The molecule has 7 heteroatoms. The van der Waals surface area contributed by atoms with Crippen LogP contribution in [-0.2, 0) is 11.3 Å². The Bertz CT molecular complexity index is 786. The number of benzene rings is 1. The van der Waals surface area contributed by atoms with E-state index in [2.05, 4.69) is 10.3 Å². The third kappa shape index (κ3) is 3.50. The Morgan fingerprint density at radius 1 is 1.48 bits per heavy atom. The fraction of sp³-hybridized carbons (Fsp3) is 0.250. The van der Waals surface area contributed by atoms with Crippen molar-refractivity contribution >= 4 is 22.2 Å². The number of aromatic nitrogens is 2. The van der Waals surface area contributed by atoms with E-state index in [1.807, 2.05) is 29.1 Å². The number of amides is 1. The highest BCUT2D eigenvalue weighted by atomic mass is 32.1. The van der Waals surface area contributed by atoms with Crippen LogP contribution in [0.4, 0.5) is 4.39 Å². The number of fused-ring (bicyclic) bond motifs is 1. The molecular formula is C16H16FN3O2S. The number of para-hydroxylation sites is 1. The number of ether oxygens (including phenoxy) is 1. The predicted octanol–water partition coefficient (Wildman–Crippen LogP) is 3.01. The summed E-state index contributed by atoms with van der Waals surface area (Å²) in [6.07, 6.45) is 3.48. The number of nitrogens with one attached hydrogen (secondary N) is 1. The molecule has 0 aliphatic carbocycles. The average Bonchev–Trinajstić information content (AvgIpc) is 3.13. The molecule has 1 aromatic carbocycles. The van der Waals surface area contributed by atoms with Crippen LogP contribution in [0.1, 0.15) is 19.0 Å². The zero-order valence-electron chi connectivity index (χ0n) is 12.5. The van der Waals surface area contributed by atoms with Crippen molar-refractivity contribution in [1.29, 1.82) is 0 Å². The lowest BCUT2D eigenvalue weighted by atomic mass is 10.2. The molecule has 0 unspecified atom stereocenters. The van der Waals surface area contributed by atoms with E-state index in [-0.39, 0.29) is 11.7 Å². The molecule has 23 heavy (non-hydrogen) atoms. The zero-order valence-corrected chi connectivity index (χ0v) is 13.3. The molecule has 0 aliphatic rings. The van der Waals surface area contributed by atoms with Crippen LogP contribution in [0.15, 0.2) is 42.0 Å². The quantitative estimate of drug-likeness (QED) is 0.754. The lowest BCUT2D eigenvalue weighted by molar-refractivity contribution is -0.128. The van der Waals surface area contributed by atoms with Crippen LogP contribution in [0.3, 0.4) is 0 Å². The van der Waals surface area contributed by atoms with Gasteiger partial charge in [0.15, 0.2) is 22.6 Å². The number of halogens is 1. The van der Waals surface area contributed by atoms with Crippen molar-refractivity contribution in [3.8, 4) is 5.75 Å². The SMILES string of the molecule is CC[C@@H](Oc1ccccc1F)C(=O)NCc1cn2ccsc2n1. The second kappa shape index (κ2) is 6.78. The van der Waals surface area contributed by atoms with Crippen molar-refractivity contribution < 1.29 is 13.9 Å². The first kappa shape index (κ1) is 15.5. The summed E-state index contributed by atoms with van der Waals surface area (Å²) in [5.74, 6) is -0.683. The van der Waals surface area contributed by atoms with Gasteiger partial charge in [0.05, 0.1) is 12.2 Å². The number of hydrogen-bond acceptors (Lipinski definition) is 4. The summed E-state index contributed by atoms with van der Waals surface area (Å²) in [7, 11) is 0. The predicted molar refractivity (Wildman–Crippen MR) is 86.0 cm³/mol. The third-order valence-corrected chi connectivity index (χ3v) is 4.13. The second-order valence-electron chi connectivity index (χ2n) is 4.99. The Morgan fingerprint density at radius 3 is 3.04 bits per heavy atom. The lowest BCUT2D eigenvalue weighted by Crippen LogP contribution is -2.37. The van der Waals surface area contributed by atoms with Gasteiger partial charge in [0, 0.05) is 17.8 Å². The van der Waals surface area contributed by atoms with E-state index in [0.717, 1.165) is 10.7 Å². The first-order valence-corrected chi connectivity index (χ1v) is 8.15. The maximum Gasteiger partial charge on any atom is 0.261 e. The third-order valence-electron chi connectivity index (χ3n) is 3.36. The Balaban J connectivity index is 1.61. The summed E-state index contributed by atoms with van der Waals surface area (Å²) in [6.45, 7) is 2.13. The summed E-state index contributed by atoms with van der Waals surface area (Å²) in [6, 6.07) is 6.06. The Kier molecular flexibility index (Phi) is 4.57. The number of hydrogen-bond donors (Lipinski definition) is 1. The number of rotatable bonds is 6. The molecule has 0 bridgehead atoms. The van der Waals surface area contributed by atoms with Crippen LogP contribution < -0.4 is 10.1 Å². The Labute approximate surface area is 136 Å². The van der Waals surface area contributed by atoms with Gasteiger partial charge in [-0.15, -0.1) is 11.3 Å². The highest BCUT2D eigenvalue weighted by molar-refractivity contribution is 7.15. The fourth-order valence-corrected chi connectivity index (χ4v) is 2.89. The number of nitrogens with zero attached hydrogens (tertiary/aromatic N) is 2. The molecule has 3 rings (SSSR count). The molecule has 2 heterocycles. The topological polar surface area (TPSA) is 55.6 Å². The fourth-order valence-electron chi connectivity index (χ4n) is 2.17. The molecule has 1 N–H and O–H groups in total. The van der Waals surface area contributed by atoms with Crippen molar-refractivity contribution in [3.63, 3.8) is 0 Å². The van der Waals surface area contributed by atoms with E-state index in [0.29, 0.717) is 13.0 Å². The summed E-state index contributed by atoms with van der Waals surface area (Å²) in [5, 5.41) is 4.73. The van der Waals surface area contributed by atoms with E-state index >= 15 is 0 Å². The number of thiazole rings is 1. The maximum absolute atomic E-state index is 13.6. The van der Waals surface area contributed by atoms with Gasteiger partial charge in [-0.2, -0.15) is 0 Å². The molecule has 120 valence electrons. The van der Waals surface area contributed by atoms with Crippen LogP contribution in [0.25, 0.3) is 4.96 Å². The molecule has 0 saturated heterocycles. The normalized spacial score (nSPS) is 12.3. The largest absolute Gasteiger partial charge is 0.478 e. The Hall–Kier alpha value is -2.41. The standard InChI is InChI=1S/C16H16FN3O2S/c1-2-13(22-14-6-4-3-5-12(14)17)15(21)18-9-11-10-20-7-8-23-16(20)19-11/h3-8,10,13H,2,9H2,1H3,(H,18,21)/t13-/m1/s1. The van der Waals surface area contributed by atoms with Crippen LogP contribution in [0.2, 0.25) is 0 Å². The van der Waals surface area contributed by atoms with E-state index in [1.165, 1.54) is 23.5 Å². The van der Waals surface area contributed by atoms with Crippen molar-refractivity contribution in [1.82, 2.24) is 14.7 Å². The molecule has 0 radical (unpaired) electrons. The molecule has 1 atom stereocenters. The van der Waals surface area contributed by atoms with Crippen LogP contribution in [-0.4, -0.2) is 21.4 Å². The molecule has 1 amide bonds. The minimum absolute atomic E-state index is 0.0806. The number of imidazole rings is 1. The molecule has 5 nitrogen and oxygen atoms in total. The van der Waals surface area contributed by atoms with Crippen molar-refractivity contribution in [2.24, 2.45) is 0 Å². The lowest BCUT2D eigenvalue weighted by Gasteiger charge is -2.17. The molecular weight excluding hydrogens is 317 g/mol. The number of carbonyl (C=O) groups excluding carboxylic acids is 1. The van der Waals surface area contributed by atoms with Gasteiger partial charge in [0.25, 0.3) is 5.91 Å². The first-order valence-electron chi connectivity index (χ1n) is 7.27. The minimum atomic E-state index is -0.740. The average molecular weight is 333 g/mol. The highest BCUT2D eigenvalue weighted by Gasteiger charge is 2.19. The van der Waals surface area contributed by atoms with Crippen LogP contribution >= 0.6 is 11.3 Å². The zero-order chi connectivity index (χ0) is 16.2. The monoisotopic (exact) mass is 333 g/mol. The van der Waals surface area contributed by atoms with Gasteiger partial charge in [-0.3, -0.25) is 9.20 Å². The van der Waals surface area contributed by atoms with Crippen LogP contribution in [0, 0.1) is 5.82 Å². The number of carbonyl (C=O) groups is 1. The van der Waals surface area contributed by atoms with E-state index in [9.17, 15) is 9.18 Å². The first-order chi connectivity index (χ1) is 11.2. The van der Waals surface area contributed by atoms with Gasteiger partial charge >= 0.3 is 0 Å². The summed E-state index contributed by atoms with van der Waals surface area (Å²) in [5.41, 5.74) is 0.769. The minimum Gasteiger partial charge on any atom is -0.478 e. The van der Waals surface area contributed by atoms with Gasteiger partial charge < -0.3 is 10.1 Å². The molecule has 0 aliphatic heterocycles. The highest BCUT2D eigenvalue weighted by Crippen LogP contribution is 2.18. The van der Waals surface area contributed by atoms with Crippen LogP contribution in [0.5, 0.6) is 5.75 Å². The van der Waals surface area contributed by atoms with Gasteiger partial charge in [0.1, 0.15) is 0 Å². The van der Waals surface area contributed by atoms with Crippen molar-refractivity contribution in [2.45, 2.75) is 26.0 Å².